The smallest absolute Gasteiger partial charge is 0.137 e. The van der Waals surface area contributed by atoms with Crippen molar-refractivity contribution in [3.8, 4) is 0 Å². The first-order chi connectivity index (χ1) is 10.1. The van der Waals surface area contributed by atoms with Gasteiger partial charge in [-0.2, -0.15) is 0 Å². The molecule has 2 aliphatic rings. The number of aromatic nitrogens is 2. The van der Waals surface area contributed by atoms with Gasteiger partial charge in [-0.25, -0.2) is 9.97 Å². The molecule has 3 rings (SSSR count). The third-order valence-electron chi connectivity index (χ3n) is 4.53. The van der Waals surface area contributed by atoms with Crippen LogP contribution in [0.4, 0.5) is 11.6 Å². The number of likely N-dealkylation sites (N-methyl/N-ethyl adjacent to an activating group) is 1. The maximum absolute atomic E-state index is 4.93. The van der Waals surface area contributed by atoms with Gasteiger partial charge < -0.3 is 15.1 Å². The van der Waals surface area contributed by atoms with Crippen LogP contribution in [0.1, 0.15) is 44.0 Å². The van der Waals surface area contributed by atoms with Crippen molar-refractivity contribution in [3.05, 3.63) is 11.4 Å². The molecule has 1 N–H and O–H groups in total. The standard InChI is InChI=1S/C16H27N5/c1-5-17-14-12(3)16(19-15(18-14)13-6-7-13)21-9-8-20(4)10-11(21)2/h11,13H,5-10H2,1-4H3,(H,17,18,19). The van der Waals surface area contributed by atoms with Crippen LogP contribution in [0.15, 0.2) is 0 Å². The molecule has 0 aromatic carbocycles. The van der Waals surface area contributed by atoms with Crippen molar-refractivity contribution in [2.75, 3.05) is 43.4 Å². The molecule has 1 aromatic rings. The van der Waals surface area contributed by atoms with Gasteiger partial charge in [0.1, 0.15) is 17.5 Å². The van der Waals surface area contributed by atoms with E-state index in [2.05, 4.69) is 42.9 Å². The van der Waals surface area contributed by atoms with Crippen LogP contribution in [0.25, 0.3) is 0 Å². The Hall–Kier alpha value is -1.36. The van der Waals surface area contributed by atoms with Crippen molar-refractivity contribution in [3.63, 3.8) is 0 Å². The Morgan fingerprint density at radius 1 is 1.24 bits per heavy atom. The average Bonchev–Trinajstić information content (AvgIpc) is 3.26. The van der Waals surface area contributed by atoms with Gasteiger partial charge in [0.2, 0.25) is 0 Å². The van der Waals surface area contributed by atoms with E-state index in [-0.39, 0.29) is 0 Å². The Morgan fingerprint density at radius 2 is 2.00 bits per heavy atom. The maximum Gasteiger partial charge on any atom is 0.137 e. The normalized spacial score (nSPS) is 23.4. The average molecular weight is 289 g/mol. The van der Waals surface area contributed by atoms with Crippen LogP contribution >= 0.6 is 0 Å². The Kier molecular flexibility index (Phi) is 4.02. The van der Waals surface area contributed by atoms with Crippen molar-refractivity contribution in [1.82, 2.24) is 14.9 Å². The fraction of sp³-hybridized carbons (Fsp3) is 0.750. The van der Waals surface area contributed by atoms with Gasteiger partial charge in [0.05, 0.1) is 0 Å². The zero-order valence-electron chi connectivity index (χ0n) is 13.7. The van der Waals surface area contributed by atoms with Crippen LogP contribution in [0.2, 0.25) is 0 Å². The number of nitrogens with zero attached hydrogens (tertiary/aromatic N) is 4. The molecule has 5 nitrogen and oxygen atoms in total. The minimum Gasteiger partial charge on any atom is -0.370 e. The first-order valence-corrected chi connectivity index (χ1v) is 8.17. The van der Waals surface area contributed by atoms with Crippen LogP contribution in [0, 0.1) is 6.92 Å². The summed E-state index contributed by atoms with van der Waals surface area (Å²) in [5.41, 5.74) is 1.19. The molecule has 0 radical (unpaired) electrons. The van der Waals surface area contributed by atoms with Crippen LogP contribution in [-0.4, -0.2) is 54.1 Å². The molecule has 5 heteroatoms. The van der Waals surface area contributed by atoms with Crippen molar-refractivity contribution in [2.45, 2.75) is 45.6 Å². The predicted molar refractivity (Wildman–Crippen MR) is 87.2 cm³/mol. The molecular weight excluding hydrogens is 262 g/mol. The Balaban J connectivity index is 1.95. The monoisotopic (exact) mass is 289 g/mol. The molecular formula is C16H27N5. The first-order valence-electron chi connectivity index (χ1n) is 8.17. The van der Waals surface area contributed by atoms with Gasteiger partial charge in [-0.3, -0.25) is 0 Å². The zero-order valence-corrected chi connectivity index (χ0v) is 13.7. The molecule has 1 aliphatic heterocycles. The minimum absolute atomic E-state index is 0.499. The van der Waals surface area contributed by atoms with Gasteiger partial charge in [-0.05, 0) is 40.7 Å². The third-order valence-corrected chi connectivity index (χ3v) is 4.53. The molecule has 1 saturated heterocycles. The highest BCUT2D eigenvalue weighted by molar-refractivity contribution is 5.59. The lowest BCUT2D eigenvalue weighted by molar-refractivity contribution is 0.274. The first kappa shape index (κ1) is 14.6. The van der Waals surface area contributed by atoms with Crippen LogP contribution in [0.3, 0.4) is 0 Å². The van der Waals surface area contributed by atoms with Crippen molar-refractivity contribution < 1.29 is 0 Å². The fourth-order valence-electron chi connectivity index (χ4n) is 3.12. The number of piperazine rings is 1. The fourth-order valence-corrected chi connectivity index (χ4v) is 3.12. The molecule has 0 amide bonds. The molecule has 1 saturated carbocycles. The van der Waals surface area contributed by atoms with Gasteiger partial charge in [-0.15, -0.1) is 0 Å². The van der Waals surface area contributed by atoms with E-state index in [0.29, 0.717) is 12.0 Å². The van der Waals surface area contributed by atoms with E-state index < -0.39 is 0 Å². The van der Waals surface area contributed by atoms with E-state index in [0.717, 1.165) is 43.6 Å². The van der Waals surface area contributed by atoms with Crippen LogP contribution in [-0.2, 0) is 0 Å². The Labute approximate surface area is 127 Å². The van der Waals surface area contributed by atoms with Gasteiger partial charge in [-0.1, -0.05) is 0 Å². The number of nitrogens with one attached hydrogen (secondary N) is 1. The molecule has 0 bridgehead atoms. The lowest BCUT2D eigenvalue weighted by atomic mass is 10.1. The van der Waals surface area contributed by atoms with Gasteiger partial charge >= 0.3 is 0 Å². The zero-order chi connectivity index (χ0) is 15.0. The second-order valence-electron chi connectivity index (χ2n) is 6.49. The molecule has 2 heterocycles. The second-order valence-corrected chi connectivity index (χ2v) is 6.49. The highest BCUT2D eigenvalue weighted by atomic mass is 15.3. The van der Waals surface area contributed by atoms with E-state index in [4.69, 9.17) is 9.97 Å². The van der Waals surface area contributed by atoms with Crippen LogP contribution in [0.5, 0.6) is 0 Å². The van der Waals surface area contributed by atoms with E-state index in [1.165, 1.54) is 18.4 Å². The Bertz CT molecular complexity index is 512. The highest BCUT2D eigenvalue weighted by Gasteiger charge is 2.31. The van der Waals surface area contributed by atoms with Crippen LogP contribution < -0.4 is 10.2 Å². The topological polar surface area (TPSA) is 44.3 Å². The summed E-state index contributed by atoms with van der Waals surface area (Å²) in [7, 11) is 2.19. The summed E-state index contributed by atoms with van der Waals surface area (Å²) in [5.74, 6) is 3.79. The van der Waals surface area contributed by atoms with Gasteiger partial charge in [0, 0.05) is 43.7 Å². The number of hydrogen-bond donors (Lipinski definition) is 1. The van der Waals surface area contributed by atoms with E-state index in [1.54, 1.807) is 0 Å². The molecule has 21 heavy (non-hydrogen) atoms. The molecule has 1 aliphatic carbocycles. The summed E-state index contributed by atoms with van der Waals surface area (Å²) in [4.78, 5) is 14.5. The lowest BCUT2D eigenvalue weighted by Crippen LogP contribution is -2.51. The number of hydrogen-bond acceptors (Lipinski definition) is 5. The highest BCUT2D eigenvalue weighted by Crippen LogP contribution is 2.40. The van der Waals surface area contributed by atoms with E-state index in [9.17, 15) is 0 Å². The SMILES string of the molecule is CCNc1nc(C2CC2)nc(N2CCN(C)CC2C)c1C. The van der Waals surface area contributed by atoms with Gasteiger partial charge in [0.15, 0.2) is 0 Å². The largest absolute Gasteiger partial charge is 0.370 e. The molecule has 1 unspecified atom stereocenters. The number of anilines is 2. The minimum atomic E-state index is 0.499. The molecule has 1 aromatic heterocycles. The third kappa shape index (κ3) is 2.98. The van der Waals surface area contributed by atoms with E-state index in [1.807, 2.05) is 0 Å². The molecule has 116 valence electrons. The molecule has 2 fully saturated rings. The van der Waals surface area contributed by atoms with Crippen molar-refractivity contribution in [2.24, 2.45) is 0 Å². The Morgan fingerprint density at radius 3 is 2.62 bits per heavy atom. The summed E-state index contributed by atoms with van der Waals surface area (Å²) in [6.07, 6.45) is 2.48. The summed E-state index contributed by atoms with van der Waals surface area (Å²) < 4.78 is 0. The molecule has 1 atom stereocenters. The van der Waals surface area contributed by atoms with Crippen molar-refractivity contribution in [1.29, 1.82) is 0 Å². The summed E-state index contributed by atoms with van der Waals surface area (Å²) in [6, 6.07) is 0.499. The summed E-state index contributed by atoms with van der Waals surface area (Å²) in [5, 5.41) is 3.41. The summed E-state index contributed by atoms with van der Waals surface area (Å²) >= 11 is 0. The molecule has 0 spiro atoms. The number of rotatable bonds is 4. The second kappa shape index (κ2) is 5.79. The quantitative estimate of drug-likeness (QED) is 0.921. The van der Waals surface area contributed by atoms with Crippen molar-refractivity contribution >= 4 is 11.6 Å². The summed E-state index contributed by atoms with van der Waals surface area (Å²) in [6.45, 7) is 10.7. The van der Waals surface area contributed by atoms with Gasteiger partial charge in [0.25, 0.3) is 0 Å². The lowest BCUT2D eigenvalue weighted by Gasteiger charge is -2.39. The van der Waals surface area contributed by atoms with E-state index >= 15 is 0 Å². The predicted octanol–water partition coefficient (Wildman–Crippen LogP) is 2.23. The maximum atomic E-state index is 4.93.